The van der Waals surface area contributed by atoms with Gasteiger partial charge in [-0.15, -0.1) is 24.0 Å². The van der Waals surface area contributed by atoms with E-state index in [4.69, 9.17) is 9.73 Å². The van der Waals surface area contributed by atoms with Crippen LogP contribution in [0.25, 0.3) is 0 Å². The number of nitrogens with one attached hydrogen (secondary N) is 2. The Kier molecular flexibility index (Phi) is 12.2. The van der Waals surface area contributed by atoms with Crippen molar-refractivity contribution in [2.45, 2.75) is 26.8 Å². The Balaban J connectivity index is 0.00000364. The van der Waals surface area contributed by atoms with Crippen molar-refractivity contribution in [1.29, 1.82) is 0 Å². The minimum atomic E-state index is 0. The van der Waals surface area contributed by atoms with Crippen LogP contribution < -0.4 is 10.6 Å². The Morgan fingerprint density at radius 3 is 2.37 bits per heavy atom. The molecule has 0 aromatic carbocycles. The monoisotopic (exact) mass is 496 g/mol. The summed E-state index contributed by atoms with van der Waals surface area (Å²) in [7, 11) is 0. The van der Waals surface area contributed by atoms with Crippen molar-refractivity contribution in [3.05, 3.63) is 0 Å². The quantitative estimate of drug-likeness (QED) is 0.295. The van der Waals surface area contributed by atoms with Gasteiger partial charge in [-0.2, -0.15) is 0 Å². The topological polar surface area (TPSA) is 72.4 Å². The lowest BCUT2D eigenvalue weighted by atomic mass is 10.2. The molecule has 1 atom stereocenters. The fraction of sp³-hybridized carbons (Fsp3) is 0.889. The lowest BCUT2D eigenvalue weighted by Crippen LogP contribution is -2.50. The Hall–Kier alpha value is -0.650. The largest absolute Gasteiger partial charge is 0.379 e. The first-order chi connectivity index (χ1) is 12.6. The highest BCUT2D eigenvalue weighted by Gasteiger charge is 2.18. The molecule has 2 rings (SSSR count). The number of rotatable bonds is 7. The molecule has 1 amide bonds. The molecule has 2 fully saturated rings. The predicted octanol–water partition coefficient (Wildman–Crippen LogP) is 0.0443. The van der Waals surface area contributed by atoms with E-state index in [-0.39, 0.29) is 29.9 Å². The van der Waals surface area contributed by atoms with Gasteiger partial charge >= 0.3 is 0 Å². The molecular weight excluding hydrogens is 459 g/mol. The lowest BCUT2D eigenvalue weighted by molar-refractivity contribution is -0.130. The van der Waals surface area contributed by atoms with Gasteiger partial charge in [-0.25, -0.2) is 0 Å². The molecular formula is C18H37IN6O2. The smallest absolute Gasteiger partial charge is 0.219 e. The van der Waals surface area contributed by atoms with Crippen LogP contribution in [0.1, 0.15) is 20.8 Å². The summed E-state index contributed by atoms with van der Waals surface area (Å²) in [6.45, 7) is 16.6. The fourth-order valence-corrected chi connectivity index (χ4v) is 3.32. The molecule has 27 heavy (non-hydrogen) atoms. The lowest BCUT2D eigenvalue weighted by Gasteiger charge is -2.34. The maximum atomic E-state index is 11.4. The van der Waals surface area contributed by atoms with Crippen molar-refractivity contribution >= 4 is 35.8 Å². The number of hydrogen-bond donors (Lipinski definition) is 2. The van der Waals surface area contributed by atoms with Gasteiger partial charge in [-0.1, -0.05) is 0 Å². The number of hydrogen-bond acceptors (Lipinski definition) is 5. The van der Waals surface area contributed by atoms with Gasteiger partial charge in [0.05, 0.1) is 19.8 Å². The summed E-state index contributed by atoms with van der Waals surface area (Å²) >= 11 is 0. The minimum absolute atomic E-state index is 0. The van der Waals surface area contributed by atoms with Crippen LogP contribution in [0.5, 0.6) is 0 Å². The molecule has 1 unspecified atom stereocenters. The fourth-order valence-electron chi connectivity index (χ4n) is 3.32. The van der Waals surface area contributed by atoms with Crippen molar-refractivity contribution in [2.24, 2.45) is 4.99 Å². The summed E-state index contributed by atoms with van der Waals surface area (Å²) in [5.74, 6) is 1.06. The first-order valence-electron chi connectivity index (χ1n) is 9.92. The van der Waals surface area contributed by atoms with Crippen molar-refractivity contribution in [2.75, 3.05) is 78.7 Å². The summed E-state index contributed by atoms with van der Waals surface area (Å²) in [5.41, 5.74) is 0. The van der Waals surface area contributed by atoms with E-state index in [1.807, 2.05) is 4.90 Å². The number of piperazine rings is 1. The molecule has 0 bridgehead atoms. The maximum absolute atomic E-state index is 11.4. The van der Waals surface area contributed by atoms with E-state index >= 15 is 0 Å². The number of aliphatic imine (C=N–C) groups is 1. The number of ether oxygens (including phenoxy) is 1. The Morgan fingerprint density at radius 2 is 1.78 bits per heavy atom. The van der Waals surface area contributed by atoms with Gasteiger partial charge in [0.25, 0.3) is 0 Å². The van der Waals surface area contributed by atoms with E-state index in [0.717, 1.165) is 84.6 Å². The highest BCUT2D eigenvalue weighted by atomic mass is 127. The number of carbonyl (C=O) groups is 1. The van der Waals surface area contributed by atoms with Crippen LogP contribution in [0, 0.1) is 0 Å². The van der Waals surface area contributed by atoms with Gasteiger partial charge in [0, 0.05) is 71.9 Å². The van der Waals surface area contributed by atoms with Crippen LogP contribution >= 0.6 is 24.0 Å². The van der Waals surface area contributed by atoms with Crippen molar-refractivity contribution in [3.63, 3.8) is 0 Å². The molecule has 2 aliphatic rings. The molecule has 2 aliphatic heterocycles. The van der Waals surface area contributed by atoms with Gasteiger partial charge in [-0.05, 0) is 13.8 Å². The predicted molar refractivity (Wildman–Crippen MR) is 120 cm³/mol. The molecule has 9 heteroatoms. The second-order valence-electron chi connectivity index (χ2n) is 6.99. The van der Waals surface area contributed by atoms with Crippen LogP contribution in [-0.4, -0.2) is 111 Å². The SMILES string of the molecule is CCNC(=NCC(C)N1CCOCC1)NCCN1CCN(C(C)=O)CC1.I. The average Bonchev–Trinajstić information content (AvgIpc) is 2.67. The number of amides is 1. The molecule has 0 radical (unpaired) electrons. The number of morpholine rings is 1. The Bertz CT molecular complexity index is 451. The van der Waals surface area contributed by atoms with E-state index in [2.05, 4.69) is 34.3 Å². The third-order valence-electron chi connectivity index (χ3n) is 5.06. The van der Waals surface area contributed by atoms with E-state index in [1.165, 1.54) is 0 Å². The Morgan fingerprint density at radius 1 is 1.11 bits per heavy atom. The summed E-state index contributed by atoms with van der Waals surface area (Å²) in [6, 6.07) is 0.425. The summed E-state index contributed by atoms with van der Waals surface area (Å²) < 4.78 is 5.42. The van der Waals surface area contributed by atoms with E-state index in [1.54, 1.807) is 6.92 Å². The number of halogens is 1. The minimum Gasteiger partial charge on any atom is -0.379 e. The zero-order valence-electron chi connectivity index (χ0n) is 17.1. The Labute approximate surface area is 181 Å². The van der Waals surface area contributed by atoms with Gasteiger partial charge < -0.3 is 20.3 Å². The van der Waals surface area contributed by atoms with Crippen molar-refractivity contribution < 1.29 is 9.53 Å². The molecule has 158 valence electrons. The van der Waals surface area contributed by atoms with Gasteiger partial charge in [-0.3, -0.25) is 19.6 Å². The molecule has 8 nitrogen and oxygen atoms in total. The summed E-state index contributed by atoms with van der Waals surface area (Å²) in [5, 5.41) is 6.76. The molecule has 0 spiro atoms. The number of carbonyl (C=O) groups excluding carboxylic acids is 1. The third-order valence-corrected chi connectivity index (χ3v) is 5.06. The van der Waals surface area contributed by atoms with E-state index in [9.17, 15) is 4.79 Å². The first kappa shape index (κ1) is 24.4. The second-order valence-corrected chi connectivity index (χ2v) is 6.99. The van der Waals surface area contributed by atoms with Crippen LogP contribution in [0.3, 0.4) is 0 Å². The zero-order valence-corrected chi connectivity index (χ0v) is 19.4. The van der Waals surface area contributed by atoms with Gasteiger partial charge in [0.2, 0.25) is 5.91 Å². The van der Waals surface area contributed by atoms with Crippen molar-refractivity contribution in [1.82, 2.24) is 25.3 Å². The molecule has 0 saturated carbocycles. The standard InChI is InChI=1S/C18H36N6O2.HI/c1-4-19-18(21-15-16(2)23-11-13-26-14-12-23)20-5-6-22-7-9-24(10-8-22)17(3)25;/h16H,4-15H2,1-3H3,(H2,19,20,21);1H. The van der Waals surface area contributed by atoms with Crippen LogP contribution in [-0.2, 0) is 9.53 Å². The highest BCUT2D eigenvalue weighted by Crippen LogP contribution is 2.04. The third kappa shape index (κ3) is 8.93. The summed E-state index contributed by atoms with van der Waals surface area (Å²) in [6.07, 6.45) is 0. The average molecular weight is 496 g/mol. The molecule has 0 aliphatic carbocycles. The molecule has 2 N–H and O–H groups in total. The maximum Gasteiger partial charge on any atom is 0.219 e. The van der Waals surface area contributed by atoms with E-state index < -0.39 is 0 Å². The number of guanidine groups is 1. The van der Waals surface area contributed by atoms with Crippen LogP contribution in [0.15, 0.2) is 4.99 Å². The first-order valence-corrected chi connectivity index (χ1v) is 9.92. The highest BCUT2D eigenvalue weighted by molar-refractivity contribution is 14.0. The molecule has 2 heterocycles. The number of nitrogens with zero attached hydrogens (tertiary/aromatic N) is 4. The van der Waals surface area contributed by atoms with Crippen molar-refractivity contribution in [3.8, 4) is 0 Å². The van der Waals surface area contributed by atoms with Gasteiger partial charge in [0.15, 0.2) is 5.96 Å². The molecule has 0 aromatic rings. The molecule has 2 saturated heterocycles. The van der Waals surface area contributed by atoms with Crippen LogP contribution in [0.4, 0.5) is 0 Å². The zero-order chi connectivity index (χ0) is 18.8. The van der Waals surface area contributed by atoms with E-state index in [0.29, 0.717) is 6.04 Å². The second kappa shape index (κ2) is 13.5. The summed E-state index contributed by atoms with van der Waals surface area (Å²) in [4.78, 5) is 22.9. The van der Waals surface area contributed by atoms with Gasteiger partial charge in [0.1, 0.15) is 0 Å². The molecule has 0 aromatic heterocycles. The van der Waals surface area contributed by atoms with Crippen LogP contribution in [0.2, 0.25) is 0 Å². The normalized spacial score (nSPS) is 20.7.